The highest BCUT2D eigenvalue weighted by molar-refractivity contribution is 5.61. The minimum absolute atomic E-state index is 0.571. The van der Waals surface area contributed by atoms with E-state index in [1.807, 2.05) is 19.1 Å². The molecular weight excluding hydrogens is 202 g/mol. The summed E-state index contributed by atoms with van der Waals surface area (Å²) in [5.74, 6) is 1.32. The van der Waals surface area contributed by atoms with Crippen molar-refractivity contribution in [1.82, 2.24) is 4.98 Å². The Morgan fingerprint density at radius 2 is 2.19 bits per heavy atom. The highest BCUT2D eigenvalue weighted by atomic mass is 16.5. The standard InChI is InChI=1S/C12H21N3O/c1-9(2)8-16-7-6-14-12-11(13)5-4-10(3)15-12/h4-5,9H,6-8,13H2,1-3H3,(H,14,15). The number of pyridine rings is 1. The first-order chi connectivity index (χ1) is 7.59. The molecule has 3 N–H and O–H groups in total. The molecule has 0 radical (unpaired) electrons. The van der Waals surface area contributed by atoms with Crippen molar-refractivity contribution in [2.24, 2.45) is 5.92 Å². The van der Waals surface area contributed by atoms with E-state index in [2.05, 4.69) is 24.1 Å². The molecule has 0 bridgehead atoms. The average Bonchev–Trinajstić information content (AvgIpc) is 2.22. The number of nitrogens with zero attached hydrogens (tertiary/aromatic N) is 1. The SMILES string of the molecule is Cc1ccc(N)c(NCCOCC(C)C)n1. The quantitative estimate of drug-likeness (QED) is 0.725. The molecule has 0 aliphatic heterocycles. The van der Waals surface area contributed by atoms with Crippen LogP contribution in [0.1, 0.15) is 19.5 Å². The van der Waals surface area contributed by atoms with Crippen LogP contribution in [0, 0.1) is 12.8 Å². The third-order valence-electron chi connectivity index (χ3n) is 2.06. The minimum atomic E-state index is 0.571. The first-order valence-electron chi connectivity index (χ1n) is 5.64. The zero-order valence-corrected chi connectivity index (χ0v) is 10.3. The molecule has 0 atom stereocenters. The van der Waals surface area contributed by atoms with Crippen molar-refractivity contribution in [2.45, 2.75) is 20.8 Å². The van der Waals surface area contributed by atoms with Crippen LogP contribution in [0.2, 0.25) is 0 Å². The van der Waals surface area contributed by atoms with Crippen molar-refractivity contribution in [2.75, 3.05) is 30.8 Å². The summed E-state index contributed by atoms with van der Waals surface area (Å²) in [6.07, 6.45) is 0. The van der Waals surface area contributed by atoms with Crippen LogP contribution in [-0.2, 0) is 4.74 Å². The maximum Gasteiger partial charge on any atom is 0.149 e. The van der Waals surface area contributed by atoms with Gasteiger partial charge in [-0.05, 0) is 25.0 Å². The van der Waals surface area contributed by atoms with E-state index >= 15 is 0 Å². The van der Waals surface area contributed by atoms with Gasteiger partial charge in [-0.2, -0.15) is 0 Å². The number of nitrogen functional groups attached to an aromatic ring is 1. The molecule has 0 unspecified atom stereocenters. The fraction of sp³-hybridized carbons (Fsp3) is 0.583. The lowest BCUT2D eigenvalue weighted by molar-refractivity contribution is 0.118. The van der Waals surface area contributed by atoms with Crippen molar-refractivity contribution in [3.05, 3.63) is 17.8 Å². The number of aryl methyl sites for hydroxylation is 1. The van der Waals surface area contributed by atoms with Gasteiger partial charge in [0.2, 0.25) is 0 Å². The smallest absolute Gasteiger partial charge is 0.149 e. The Hall–Kier alpha value is -1.29. The van der Waals surface area contributed by atoms with Crippen LogP contribution in [0.15, 0.2) is 12.1 Å². The maximum absolute atomic E-state index is 5.79. The van der Waals surface area contributed by atoms with Crippen LogP contribution in [0.25, 0.3) is 0 Å². The van der Waals surface area contributed by atoms with Gasteiger partial charge in [0.05, 0.1) is 12.3 Å². The first-order valence-corrected chi connectivity index (χ1v) is 5.64. The Kier molecular flexibility index (Phi) is 5.05. The normalized spacial score (nSPS) is 10.8. The molecule has 4 nitrogen and oxygen atoms in total. The van der Waals surface area contributed by atoms with Gasteiger partial charge >= 0.3 is 0 Å². The molecule has 0 amide bonds. The van der Waals surface area contributed by atoms with E-state index in [1.165, 1.54) is 0 Å². The zero-order chi connectivity index (χ0) is 12.0. The molecule has 1 aromatic rings. The fourth-order valence-electron chi connectivity index (χ4n) is 1.27. The molecule has 0 aromatic carbocycles. The third kappa shape index (κ3) is 4.49. The second-order valence-corrected chi connectivity index (χ2v) is 4.29. The summed E-state index contributed by atoms with van der Waals surface area (Å²) in [6, 6.07) is 3.76. The topological polar surface area (TPSA) is 60.2 Å². The van der Waals surface area contributed by atoms with Gasteiger partial charge < -0.3 is 15.8 Å². The molecule has 0 saturated heterocycles. The maximum atomic E-state index is 5.79. The third-order valence-corrected chi connectivity index (χ3v) is 2.06. The summed E-state index contributed by atoms with van der Waals surface area (Å²) >= 11 is 0. The molecule has 0 spiro atoms. The van der Waals surface area contributed by atoms with Crippen LogP contribution >= 0.6 is 0 Å². The monoisotopic (exact) mass is 223 g/mol. The van der Waals surface area contributed by atoms with Gasteiger partial charge in [-0.3, -0.25) is 0 Å². The zero-order valence-electron chi connectivity index (χ0n) is 10.3. The summed E-state index contributed by atoms with van der Waals surface area (Å²) in [6.45, 7) is 8.40. The number of nitrogens with two attached hydrogens (primary N) is 1. The van der Waals surface area contributed by atoms with Crippen molar-refractivity contribution >= 4 is 11.5 Å². The molecule has 1 rings (SSSR count). The lowest BCUT2D eigenvalue weighted by atomic mass is 10.2. The van der Waals surface area contributed by atoms with Gasteiger partial charge in [-0.25, -0.2) is 4.98 Å². The Morgan fingerprint density at radius 3 is 2.88 bits per heavy atom. The number of ether oxygens (including phenoxy) is 1. The molecule has 0 aliphatic rings. The van der Waals surface area contributed by atoms with Gasteiger partial charge in [0, 0.05) is 18.8 Å². The fourth-order valence-corrected chi connectivity index (χ4v) is 1.27. The molecule has 0 aliphatic carbocycles. The van der Waals surface area contributed by atoms with Crippen LogP contribution in [0.3, 0.4) is 0 Å². The van der Waals surface area contributed by atoms with E-state index in [1.54, 1.807) is 0 Å². The van der Waals surface area contributed by atoms with Gasteiger partial charge in [0.25, 0.3) is 0 Å². The summed E-state index contributed by atoms with van der Waals surface area (Å²) in [4.78, 5) is 4.31. The summed E-state index contributed by atoms with van der Waals surface area (Å²) in [7, 11) is 0. The molecule has 1 aromatic heterocycles. The predicted octanol–water partition coefficient (Wildman–Crippen LogP) is 2.06. The van der Waals surface area contributed by atoms with E-state index in [-0.39, 0.29) is 0 Å². The highest BCUT2D eigenvalue weighted by Crippen LogP contribution is 2.14. The van der Waals surface area contributed by atoms with E-state index in [0.29, 0.717) is 18.2 Å². The van der Waals surface area contributed by atoms with E-state index < -0.39 is 0 Å². The Bertz CT molecular complexity index is 326. The van der Waals surface area contributed by atoms with Gasteiger partial charge in [-0.15, -0.1) is 0 Å². The Labute approximate surface area is 97.2 Å². The van der Waals surface area contributed by atoms with E-state index in [0.717, 1.165) is 24.7 Å². The van der Waals surface area contributed by atoms with E-state index in [4.69, 9.17) is 10.5 Å². The summed E-state index contributed by atoms with van der Waals surface area (Å²) in [5, 5.41) is 3.17. The number of hydrogen-bond donors (Lipinski definition) is 2. The number of rotatable bonds is 6. The Balaban J connectivity index is 2.29. The molecule has 0 saturated carbocycles. The van der Waals surface area contributed by atoms with E-state index in [9.17, 15) is 0 Å². The van der Waals surface area contributed by atoms with Crippen molar-refractivity contribution in [1.29, 1.82) is 0 Å². The number of anilines is 2. The van der Waals surface area contributed by atoms with Gasteiger partial charge in [0.1, 0.15) is 5.82 Å². The van der Waals surface area contributed by atoms with Crippen molar-refractivity contribution in [3.8, 4) is 0 Å². The summed E-state index contributed by atoms with van der Waals surface area (Å²) in [5.41, 5.74) is 7.42. The lowest BCUT2D eigenvalue weighted by Gasteiger charge is -2.10. The minimum Gasteiger partial charge on any atom is -0.396 e. The number of hydrogen-bond acceptors (Lipinski definition) is 4. The lowest BCUT2D eigenvalue weighted by Crippen LogP contribution is -2.14. The van der Waals surface area contributed by atoms with Crippen molar-refractivity contribution in [3.63, 3.8) is 0 Å². The van der Waals surface area contributed by atoms with Gasteiger partial charge in [0.15, 0.2) is 0 Å². The molecule has 90 valence electrons. The second-order valence-electron chi connectivity index (χ2n) is 4.29. The largest absolute Gasteiger partial charge is 0.396 e. The van der Waals surface area contributed by atoms with Crippen molar-refractivity contribution < 1.29 is 4.74 Å². The molecule has 0 fully saturated rings. The van der Waals surface area contributed by atoms with Crippen LogP contribution in [0.4, 0.5) is 11.5 Å². The Morgan fingerprint density at radius 1 is 1.44 bits per heavy atom. The second kappa shape index (κ2) is 6.33. The number of nitrogens with one attached hydrogen (secondary N) is 1. The molecule has 1 heterocycles. The molecule has 4 heteroatoms. The van der Waals surface area contributed by atoms with Crippen LogP contribution in [-0.4, -0.2) is 24.7 Å². The summed E-state index contributed by atoms with van der Waals surface area (Å²) < 4.78 is 5.46. The molecule has 16 heavy (non-hydrogen) atoms. The average molecular weight is 223 g/mol. The van der Waals surface area contributed by atoms with Crippen LogP contribution in [0.5, 0.6) is 0 Å². The first kappa shape index (κ1) is 12.8. The predicted molar refractivity (Wildman–Crippen MR) is 67.5 cm³/mol. The number of aromatic nitrogens is 1. The van der Waals surface area contributed by atoms with Gasteiger partial charge in [-0.1, -0.05) is 13.8 Å². The molecular formula is C12H21N3O. The van der Waals surface area contributed by atoms with Crippen LogP contribution < -0.4 is 11.1 Å². The highest BCUT2D eigenvalue weighted by Gasteiger charge is 2.00.